The maximum Gasteiger partial charge on any atom is 0.261 e. The highest BCUT2D eigenvalue weighted by atomic mass is 16.5. The van der Waals surface area contributed by atoms with Gasteiger partial charge in [-0.1, -0.05) is 18.2 Å². The summed E-state index contributed by atoms with van der Waals surface area (Å²) in [6.07, 6.45) is 0. The van der Waals surface area contributed by atoms with Gasteiger partial charge in [-0.15, -0.1) is 0 Å². The molecule has 2 heterocycles. The summed E-state index contributed by atoms with van der Waals surface area (Å²) in [5, 5.41) is 0. The van der Waals surface area contributed by atoms with Crippen molar-refractivity contribution in [3.05, 3.63) is 58.8 Å². The summed E-state index contributed by atoms with van der Waals surface area (Å²) in [5.41, 5.74) is 2.49. The number of hydrogen-bond donors (Lipinski definition) is 0. The van der Waals surface area contributed by atoms with E-state index in [1.165, 1.54) is 4.90 Å². The average Bonchev–Trinajstić information content (AvgIpc) is 2.74. The van der Waals surface area contributed by atoms with Gasteiger partial charge >= 0.3 is 0 Å². The first-order chi connectivity index (χ1) is 10.1. The normalized spacial score (nSPS) is 13.5. The number of nitrogens with zero attached hydrogens (tertiary/aromatic N) is 2. The lowest BCUT2D eigenvalue weighted by Crippen LogP contribution is -2.29. The molecule has 0 radical (unpaired) electrons. The zero-order valence-electron chi connectivity index (χ0n) is 11.8. The molecule has 1 aromatic heterocycles. The standard InChI is InChI=1S/C16H14N2O3/c1-10-11(7-8-14(17-10)21-2)9-18-15(19)12-5-3-4-6-13(12)16(18)20/h3-8H,9H2,1-2H3. The first-order valence-corrected chi connectivity index (χ1v) is 6.57. The molecule has 21 heavy (non-hydrogen) atoms. The van der Waals surface area contributed by atoms with Gasteiger partial charge in [-0.25, -0.2) is 4.98 Å². The average molecular weight is 282 g/mol. The number of benzene rings is 1. The monoisotopic (exact) mass is 282 g/mol. The van der Waals surface area contributed by atoms with Gasteiger partial charge in [-0.3, -0.25) is 14.5 Å². The van der Waals surface area contributed by atoms with Crippen LogP contribution in [0.2, 0.25) is 0 Å². The van der Waals surface area contributed by atoms with Crippen LogP contribution in [0.1, 0.15) is 32.0 Å². The van der Waals surface area contributed by atoms with Gasteiger partial charge in [0, 0.05) is 11.8 Å². The Hall–Kier alpha value is -2.69. The molecule has 0 spiro atoms. The van der Waals surface area contributed by atoms with Crippen molar-refractivity contribution in [2.75, 3.05) is 7.11 Å². The Bertz CT molecular complexity index is 705. The minimum Gasteiger partial charge on any atom is -0.481 e. The van der Waals surface area contributed by atoms with Crippen LogP contribution in [0.25, 0.3) is 0 Å². The number of aryl methyl sites for hydroxylation is 1. The smallest absolute Gasteiger partial charge is 0.261 e. The molecule has 0 bridgehead atoms. The number of hydrogen-bond acceptors (Lipinski definition) is 4. The number of imide groups is 1. The van der Waals surface area contributed by atoms with Crippen LogP contribution in [-0.2, 0) is 6.54 Å². The molecule has 5 heteroatoms. The largest absolute Gasteiger partial charge is 0.481 e. The van der Waals surface area contributed by atoms with Crippen molar-refractivity contribution in [1.29, 1.82) is 0 Å². The zero-order valence-corrected chi connectivity index (χ0v) is 11.8. The lowest BCUT2D eigenvalue weighted by molar-refractivity contribution is 0.0642. The third-order valence-corrected chi connectivity index (χ3v) is 3.59. The topological polar surface area (TPSA) is 59.5 Å². The molecule has 0 N–H and O–H groups in total. The minimum absolute atomic E-state index is 0.217. The summed E-state index contributed by atoms with van der Waals surface area (Å²) >= 11 is 0. The predicted molar refractivity (Wildman–Crippen MR) is 76.2 cm³/mol. The van der Waals surface area contributed by atoms with E-state index >= 15 is 0 Å². The number of ether oxygens (including phenoxy) is 1. The minimum atomic E-state index is -0.259. The van der Waals surface area contributed by atoms with E-state index in [0.717, 1.165) is 11.3 Å². The molecule has 1 aliphatic rings. The lowest BCUT2D eigenvalue weighted by atomic mass is 10.1. The predicted octanol–water partition coefficient (Wildman–Crippen LogP) is 2.19. The number of amides is 2. The molecule has 1 aromatic carbocycles. The van der Waals surface area contributed by atoms with Crippen molar-refractivity contribution in [2.24, 2.45) is 0 Å². The van der Waals surface area contributed by atoms with Crippen LogP contribution in [0.3, 0.4) is 0 Å². The van der Waals surface area contributed by atoms with E-state index in [9.17, 15) is 9.59 Å². The molecule has 106 valence electrons. The zero-order chi connectivity index (χ0) is 15.0. The summed E-state index contributed by atoms with van der Waals surface area (Å²) < 4.78 is 5.05. The number of carbonyl (C=O) groups excluding carboxylic acids is 2. The van der Waals surface area contributed by atoms with E-state index in [4.69, 9.17) is 4.74 Å². The molecule has 5 nitrogen and oxygen atoms in total. The third-order valence-electron chi connectivity index (χ3n) is 3.59. The second-order valence-electron chi connectivity index (χ2n) is 4.84. The lowest BCUT2D eigenvalue weighted by Gasteiger charge is -2.15. The maximum absolute atomic E-state index is 12.3. The molecule has 0 atom stereocenters. The molecule has 1 aliphatic heterocycles. The first-order valence-electron chi connectivity index (χ1n) is 6.57. The van der Waals surface area contributed by atoms with Gasteiger partial charge in [0.2, 0.25) is 5.88 Å². The van der Waals surface area contributed by atoms with E-state index < -0.39 is 0 Å². The second kappa shape index (κ2) is 5.01. The number of methoxy groups -OCH3 is 1. The molecule has 0 fully saturated rings. The van der Waals surface area contributed by atoms with Crippen LogP contribution < -0.4 is 4.74 Å². The Kier molecular flexibility index (Phi) is 3.17. The Morgan fingerprint density at radius 3 is 2.19 bits per heavy atom. The molecule has 0 saturated heterocycles. The van der Waals surface area contributed by atoms with E-state index in [1.54, 1.807) is 37.4 Å². The van der Waals surface area contributed by atoms with Crippen LogP contribution in [0.4, 0.5) is 0 Å². The Morgan fingerprint density at radius 1 is 1.05 bits per heavy atom. The quantitative estimate of drug-likeness (QED) is 0.810. The molecule has 0 saturated carbocycles. The SMILES string of the molecule is COc1ccc(CN2C(=O)c3ccccc3C2=O)c(C)n1. The van der Waals surface area contributed by atoms with Crippen molar-refractivity contribution in [1.82, 2.24) is 9.88 Å². The maximum atomic E-state index is 12.3. The van der Waals surface area contributed by atoms with Gasteiger partial charge in [-0.2, -0.15) is 0 Å². The fourth-order valence-electron chi connectivity index (χ4n) is 2.40. The number of rotatable bonds is 3. The van der Waals surface area contributed by atoms with Crippen molar-refractivity contribution < 1.29 is 14.3 Å². The molecule has 0 unspecified atom stereocenters. The third kappa shape index (κ3) is 2.16. The highest BCUT2D eigenvalue weighted by Gasteiger charge is 2.35. The molecule has 2 aromatic rings. The Morgan fingerprint density at radius 2 is 1.67 bits per heavy atom. The van der Waals surface area contributed by atoms with Crippen LogP contribution >= 0.6 is 0 Å². The molecule has 3 rings (SSSR count). The Labute approximate surface area is 122 Å². The number of aromatic nitrogens is 1. The highest BCUT2D eigenvalue weighted by molar-refractivity contribution is 6.21. The van der Waals surface area contributed by atoms with Gasteiger partial charge in [0.1, 0.15) is 0 Å². The first kappa shape index (κ1) is 13.3. The van der Waals surface area contributed by atoms with Crippen LogP contribution in [0.15, 0.2) is 36.4 Å². The molecule has 2 amide bonds. The molecule has 0 aliphatic carbocycles. The van der Waals surface area contributed by atoms with E-state index in [1.807, 2.05) is 13.0 Å². The number of pyridine rings is 1. The van der Waals surface area contributed by atoms with Gasteiger partial charge < -0.3 is 4.74 Å². The summed E-state index contributed by atoms with van der Waals surface area (Å²) in [6.45, 7) is 2.05. The van der Waals surface area contributed by atoms with Crippen LogP contribution in [-0.4, -0.2) is 28.8 Å². The van der Waals surface area contributed by atoms with Crippen molar-refractivity contribution >= 4 is 11.8 Å². The second-order valence-corrected chi connectivity index (χ2v) is 4.84. The van der Waals surface area contributed by atoms with Crippen LogP contribution in [0.5, 0.6) is 5.88 Å². The van der Waals surface area contributed by atoms with Gasteiger partial charge in [0.05, 0.1) is 24.8 Å². The summed E-state index contributed by atoms with van der Waals surface area (Å²) in [4.78, 5) is 30.1. The van der Waals surface area contributed by atoms with Crippen molar-refractivity contribution in [3.8, 4) is 5.88 Å². The van der Waals surface area contributed by atoms with Gasteiger partial charge in [0.25, 0.3) is 11.8 Å². The van der Waals surface area contributed by atoms with Gasteiger partial charge in [0.15, 0.2) is 0 Å². The number of fused-ring (bicyclic) bond motifs is 1. The number of carbonyl (C=O) groups is 2. The van der Waals surface area contributed by atoms with Crippen molar-refractivity contribution in [3.63, 3.8) is 0 Å². The van der Waals surface area contributed by atoms with Crippen LogP contribution in [0, 0.1) is 6.92 Å². The fraction of sp³-hybridized carbons (Fsp3) is 0.188. The fourth-order valence-corrected chi connectivity index (χ4v) is 2.40. The summed E-state index contributed by atoms with van der Waals surface area (Å²) in [6, 6.07) is 10.4. The Balaban J connectivity index is 1.90. The van der Waals surface area contributed by atoms with E-state index in [2.05, 4.69) is 4.98 Å². The summed E-state index contributed by atoms with van der Waals surface area (Å²) in [5.74, 6) is -0.00440. The van der Waals surface area contributed by atoms with E-state index in [0.29, 0.717) is 17.0 Å². The van der Waals surface area contributed by atoms with Gasteiger partial charge in [-0.05, 0) is 24.6 Å². The van der Waals surface area contributed by atoms with Crippen molar-refractivity contribution in [2.45, 2.75) is 13.5 Å². The molecular formula is C16H14N2O3. The van der Waals surface area contributed by atoms with E-state index in [-0.39, 0.29) is 18.4 Å². The summed E-state index contributed by atoms with van der Waals surface area (Å²) in [7, 11) is 1.55. The highest BCUT2D eigenvalue weighted by Crippen LogP contribution is 2.25. The molecular weight excluding hydrogens is 268 g/mol.